The van der Waals surface area contributed by atoms with Gasteiger partial charge in [0.1, 0.15) is 0 Å². The average molecular weight is 268 g/mol. The number of rotatable bonds is 4. The van der Waals surface area contributed by atoms with Crippen LogP contribution in [0.15, 0.2) is 36.4 Å². The molecule has 1 aliphatic rings. The molecule has 3 nitrogen and oxygen atoms in total. The topological polar surface area (TPSA) is 34.1 Å². The Balaban J connectivity index is 1.70. The minimum absolute atomic E-state index is 0.443. The fraction of sp³-hybridized carbons (Fsp3) is 0.353. The summed E-state index contributed by atoms with van der Waals surface area (Å²) in [4.78, 5) is 4.44. The first kappa shape index (κ1) is 13.1. The van der Waals surface area contributed by atoms with Gasteiger partial charge in [-0.2, -0.15) is 0 Å². The highest BCUT2D eigenvalue weighted by Crippen LogP contribution is 2.31. The first-order valence-electron chi connectivity index (χ1n) is 7.09. The molecule has 1 N–H and O–H groups in total. The maximum Gasteiger partial charge on any atom is 0.213 e. The van der Waals surface area contributed by atoms with Crippen molar-refractivity contribution >= 4 is 0 Å². The van der Waals surface area contributed by atoms with Gasteiger partial charge in [-0.1, -0.05) is 29.8 Å². The third kappa shape index (κ3) is 2.68. The Labute approximate surface area is 120 Å². The second-order valence-electron chi connectivity index (χ2n) is 5.35. The Morgan fingerprint density at radius 2 is 2.20 bits per heavy atom. The smallest absolute Gasteiger partial charge is 0.213 e. The van der Waals surface area contributed by atoms with Crippen LogP contribution in [0.4, 0.5) is 0 Å². The largest absolute Gasteiger partial charge is 0.481 e. The summed E-state index contributed by atoms with van der Waals surface area (Å²) in [7, 11) is 1.65. The molecule has 0 radical (unpaired) electrons. The lowest BCUT2D eigenvalue weighted by molar-refractivity contribution is 0.395. The summed E-state index contributed by atoms with van der Waals surface area (Å²) >= 11 is 0. The maximum absolute atomic E-state index is 5.16. The quantitative estimate of drug-likeness (QED) is 0.924. The summed E-state index contributed by atoms with van der Waals surface area (Å²) in [5.41, 5.74) is 5.28. The van der Waals surface area contributed by atoms with E-state index in [4.69, 9.17) is 4.74 Å². The van der Waals surface area contributed by atoms with Crippen LogP contribution >= 0.6 is 0 Å². The number of nitrogens with one attached hydrogen (secondary N) is 1. The highest BCUT2D eigenvalue weighted by atomic mass is 16.5. The summed E-state index contributed by atoms with van der Waals surface area (Å²) in [5, 5.41) is 3.61. The number of nitrogens with zero attached hydrogens (tertiary/aromatic N) is 1. The van der Waals surface area contributed by atoms with Crippen LogP contribution in [0.1, 0.15) is 34.8 Å². The molecule has 1 aromatic heterocycles. The molecule has 0 unspecified atom stereocenters. The monoisotopic (exact) mass is 268 g/mol. The van der Waals surface area contributed by atoms with Crippen molar-refractivity contribution in [3.05, 3.63) is 58.8 Å². The average Bonchev–Trinajstić information content (AvgIpc) is 2.87. The summed E-state index contributed by atoms with van der Waals surface area (Å²) < 4.78 is 5.16. The zero-order chi connectivity index (χ0) is 13.9. The molecule has 1 atom stereocenters. The second kappa shape index (κ2) is 5.63. The first-order valence-corrected chi connectivity index (χ1v) is 7.09. The van der Waals surface area contributed by atoms with E-state index in [0.717, 1.165) is 12.2 Å². The molecule has 0 spiro atoms. The Hall–Kier alpha value is -1.87. The highest BCUT2D eigenvalue weighted by molar-refractivity contribution is 5.37. The van der Waals surface area contributed by atoms with Gasteiger partial charge in [-0.05, 0) is 37.0 Å². The molecular formula is C17H20N2O. The highest BCUT2D eigenvalue weighted by Gasteiger charge is 2.21. The third-order valence-electron chi connectivity index (χ3n) is 3.90. The molecule has 104 valence electrons. The molecule has 1 aliphatic carbocycles. The van der Waals surface area contributed by atoms with Gasteiger partial charge in [0.15, 0.2) is 0 Å². The predicted molar refractivity (Wildman–Crippen MR) is 79.9 cm³/mol. The summed E-state index contributed by atoms with van der Waals surface area (Å²) in [6.07, 6.45) is 2.33. The maximum atomic E-state index is 5.16. The van der Waals surface area contributed by atoms with Crippen molar-refractivity contribution in [3.63, 3.8) is 0 Å². The number of fused-ring (bicyclic) bond motifs is 1. The van der Waals surface area contributed by atoms with Crippen molar-refractivity contribution < 1.29 is 4.74 Å². The van der Waals surface area contributed by atoms with Crippen molar-refractivity contribution in [2.45, 2.75) is 32.4 Å². The van der Waals surface area contributed by atoms with E-state index in [1.807, 2.05) is 18.2 Å². The van der Waals surface area contributed by atoms with Gasteiger partial charge in [-0.15, -0.1) is 0 Å². The molecule has 1 heterocycles. The van der Waals surface area contributed by atoms with Gasteiger partial charge >= 0.3 is 0 Å². The SMILES string of the molecule is COc1cccc(CN[C@H]2CCc3ccc(C)cc32)n1. The number of hydrogen-bond acceptors (Lipinski definition) is 3. The van der Waals surface area contributed by atoms with Crippen molar-refractivity contribution in [2.75, 3.05) is 7.11 Å². The predicted octanol–water partition coefficient (Wildman–Crippen LogP) is 3.18. The van der Waals surface area contributed by atoms with Gasteiger partial charge in [0.05, 0.1) is 12.8 Å². The normalized spacial score (nSPS) is 17.0. The number of methoxy groups -OCH3 is 1. The Morgan fingerprint density at radius 3 is 3.05 bits per heavy atom. The van der Waals surface area contributed by atoms with Crippen LogP contribution < -0.4 is 10.1 Å². The molecule has 2 aromatic rings. The number of pyridine rings is 1. The van der Waals surface area contributed by atoms with Crippen LogP contribution in [-0.4, -0.2) is 12.1 Å². The fourth-order valence-electron chi connectivity index (χ4n) is 2.83. The van der Waals surface area contributed by atoms with Gasteiger partial charge in [0, 0.05) is 18.7 Å². The number of hydrogen-bond donors (Lipinski definition) is 1. The number of benzene rings is 1. The van der Waals surface area contributed by atoms with Crippen LogP contribution in [0.5, 0.6) is 5.88 Å². The molecule has 0 amide bonds. The zero-order valence-corrected chi connectivity index (χ0v) is 12.0. The summed E-state index contributed by atoms with van der Waals surface area (Å²) in [6.45, 7) is 2.93. The van der Waals surface area contributed by atoms with Crippen molar-refractivity contribution in [3.8, 4) is 5.88 Å². The van der Waals surface area contributed by atoms with E-state index in [1.165, 1.54) is 29.5 Å². The van der Waals surface area contributed by atoms with Crippen LogP contribution in [0.25, 0.3) is 0 Å². The summed E-state index contributed by atoms with van der Waals surface area (Å²) in [6, 6.07) is 13.1. The first-order chi connectivity index (χ1) is 9.76. The van der Waals surface area contributed by atoms with E-state index < -0.39 is 0 Å². The summed E-state index contributed by atoms with van der Waals surface area (Å²) in [5.74, 6) is 0.673. The van der Waals surface area contributed by atoms with Gasteiger partial charge in [0.2, 0.25) is 5.88 Å². The molecule has 20 heavy (non-hydrogen) atoms. The number of ether oxygens (including phenoxy) is 1. The van der Waals surface area contributed by atoms with Crippen LogP contribution in [0.3, 0.4) is 0 Å². The molecule has 1 aromatic carbocycles. The van der Waals surface area contributed by atoms with Gasteiger partial charge < -0.3 is 10.1 Å². The Kier molecular flexibility index (Phi) is 3.70. The standard InChI is InChI=1S/C17H20N2O/c1-12-6-7-13-8-9-16(15(13)10-12)18-11-14-4-3-5-17(19-14)20-2/h3-7,10,16,18H,8-9,11H2,1-2H3/t16-/m0/s1. The van der Waals surface area contributed by atoms with E-state index in [0.29, 0.717) is 11.9 Å². The minimum Gasteiger partial charge on any atom is -0.481 e. The second-order valence-corrected chi connectivity index (χ2v) is 5.35. The van der Waals surface area contributed by atoms with E-state index in [-0.39, 0.29) is 0 Å². The third-order valence-corrected chi connectivity index (χ3v) is 3.90. The van der Waals surface area contributed by atoms with E-state index in [1.54, 1.807) is 7.11 Å². The molecule has 3 rings (SSSR count). The van der Waals surface area contributed by atoms with Crippen LogP contribution in [0.2, 0.25) is 0 Å². The van der Waals surface area contributed by atoms with E-state index in [9.17, 15) is 0 Å². The molecular weight excluding hydrogens is 248 g/mol. The lowest BCUT2D eigenvalue weighted by Crippen LogP contribution is -2.19. The van der Waals surface area contributed by atoms with Gasteiger partial charge in [0.25, 0.3) is 0 Å². The van der Waals surface area contributed by atoms with Crippen molar-refractivity contribution in [1.82, 2.24) is 10.3 Å². The minimum atomic E-state index is 0.443. The molecule has 0 saturated heterocycles. The van der Waals surface area contributed by atoms with Crippen molar-refractivity contribution in [1.29, 1.82) is 0 Å². The van der Waals surface area contributed by atoms with E-state index in [2.05, 4.69) is 35.4 Å². The molecule has 0 bridgehead atoms. The Bertz CT molecular complexity index is 610. The molecule has 0 fully saturated rings. The molecule has 0 saturated carbocycles. The van der Waals surface area contributed by atoms with Crippen LogP contribution in [-0.2, 0) is 13.0 Å². The number of aryl methyl sites for hydroxylation is 2. The lowest BCUT2D eigenvalue weighted by Gasteiger charge is -2.14. The van der Waals surface area contributed by atoms with Gasteiger partial charge in [-0.25, -0.2) is 4.98 Å². The zero-order valence-electron chi connectivity index (χ0n) is 12.0. The number of aromatic nitrogens is 1. The van der Waals surface area contributed by atoms with Gasteiger partial charge in [-0.3, -0.25) is 0 Å². The molecule has 0 aliphatic heterocycles. The van der Waals surface area contributed by atoms with Crippen LogP contribution in [0, 0.1) is 6.92 Å². The molecule has 3 heteroatoms. The van der Waals surface area contributed by atoms with Crippen molar-refractivity contribution in [2.24, 2.45) is 0 Å². The Morgan fingerprint density at radius 1 is 1.30 bits per heavy atom. The fourth-order valence-corrected chi connectivity index (χ4v) is 2.83. The van der Waals surface area contributed by atoms with E-state index >= 15 is 0 Å². The lowest BCUT2D eigenvalue weighted by atomic mass is 10.1.